The Hall–Kier alpha value is -2.71. The van der Waals surface area contributed by atoms with E-state index in [4.69, 9.17) is 4.84 Å². The molecule has 1 saturated heterocycles. The molecule has 0 aromatic carbocycles. The Labute approximate surface area is 181 Å². The van der Waals surface area contributed by atoms with E-state index in [9.17, 15) is 14.0 Å². The van der Waals surface area contributed by atoms with Gasteiger partial charge in [-0.05, 0) is 37.8 Å². The normalized spacial score (nSPS) is 20.4. The summed E-state index contributed by atoms with van der Waals surface area (Å²) < 4.78 is 18.1. The van der Waals surface area contributed by atoms with E-state index in [2.05, 4.69) is 30.9 Å². The summed E-state index contributed by atoms with van der Waals surface area (Å²) in [5.74, 6) is -0.835. The van der Waals surface area contributed by atoms with Gasteiger partial charge in [0, 0.05) is 26.7 Å². The molecule has 2 aromatic heterocycles. The number of imidazole rings is 1. The van der Waals surface area contributed by atoms with Crippen LogP contribution in [0.25, 0.3) is 11.2 Å². The van der Waals surface area contributed by atoms with Gasteiger partial charge in [-0.15, -0.1) is 0 Å². The summed E-state index contributed by atoms with van der Waals surface area (Å²) >= 11 is 0. The van der Waals surface area contributed by atoms with Crippen molar-refractivity contribution in [3.63, 3.8) is 0 Å². The number of aromatic nitrogens is 3. The fourth-order valence-electron chi connectivity index (χ4n) is 3.94. The molecule has 1 aliphatic rings. The number of hydrogen-bond acceptors (Lipinski definition) is 5. The van der Waals surface area contributed by atoms with Gasteiger partial charge in [0.1, 0.15) is 18.5 Å². The second-order valence-corrected chi connectivity index (χ2v) is 9.32. The molecule has 1 fully saturated rings. The number of halogens is 1. The van der Waals surface area contributed by atoms with Crippen molar-refractivity contribution in [2.24, 2.45) is 17.6 Å². The van der Waals surface area contributed by atoms with E-state index in [1.54, 1.807) is 36.4 Å². The molecule has 31 heavy (non-hydrogen) atoms. The number of oxime groups is 1. The van der Waals surface area contributed by atoms with Crippen LogP contribution in [0.3, 0.4) is 0 Å². The molecule has 9 heteroatoms. The number of aryl methyl sites for hydroxylation is 1. The topological polar surface area (TPSA) is 81.7 Å². The summed E-state index contributed by atoms with van der Waals surface area (Å²) in [5, 5.41) is 3.80. The van der Waals surface area contributed by atoms with Crippen LogP contribution < -0.4 is 5.69 Å². The molecule has 170 valence electrons. The number of carbonyl (C=O) groups excluding carboxylic acids is 1. The number of carbonyl (C=O) groups is 1. The fraction of sp³-hybridized carbons (Fsp3) is 0.636. The second-order valence-electron chi connectivity index (χ2n) is 9.32. The zero-order valence-corrected chi connectivity index (χ0v) is 19.2. The maximum Gasteiger partial charge on any atom is 0.330 e. The van der Waals surface area contributed by atoms with Gasteiger partial charge in [0.05, 0.1) is 17.1 Å². The highest BCUT2D eigenvalue weighted by Gasteiger charge is 2.34. The standard InChI is InChI=1S/C22H32FN5O3/c1-7-31-25-14(2)20(29)27-11-10-16(23)15(12-27)17-8-9-18-19(24-17)26(6)21(30)28(18)13-22(3,4)5/h8-9,15-16H,7,10-13H2,1-6H3. The van der Waals surface area contributed by atoms with Crippen LogP contribution in [0, 0.1) is 5.41 Å². The van der Waals surface area contributed by atoms with E-state index in [1.165, 1.54) is 4.57 Å². The van der Waals surface area contributed by atoms with E-state index in [0.717, 1.165) is 5.52 Å². The highest BCUT2D eigenvalue weighted by Crippen LogP contribution is 2.30. The molecule has 1 aliphatic heterocycles. The molecule has 0 N–H and O–H groups in total. The first-order valence-electron chi connectivity index (χ1n) is 10.7. The molecule has 1 amide bonds. The van der Waals surface area contributed by atoms with Gasteiger partial charge in [-0.3, -0.25) is 13.9 Å². The molecule has 0 bridgehead atoms. The average molecular weight is 434 g/mol. The summed E-state index contributed by atoms with van der Waals surface area (Å²) in [7, 11) is 1.68. The number of amides is 1. The van der Waals surface area contributed by atoms with E-state index in [-0.39, 0.29) is 35.7 Å². The maximum atomic E-state index is 14.9. The number of pyridine rings is 1. The third-order valence-corrected chi connectivity index (χ3v) is 5.47. The van der Waals surface area contributed by atoms with Crippen molar-refractivity contribution in [3.8, 4) is 0 Å². The molecule has 3 heterocycles. The Morgan fingerprint density at radius 2 is 2.06 bits per heavy atom. The Morgan fingerprint density at radius 3 is 2.71 bits per heavy atom. The van der Waals surface area contributed by atoms with Crippen molar-refractivity contribution in [3.05, 3.63) is 28.3 Å². The summed E-state index contributed by atoms with van der Waals surface area (Å²) in [6.07, 6.45) is -0.894. The quantitative estimate of drug-likeness (QED) is 0.536. The van der Waals surface area contributed by atoms with Crippen LogP contribution in [0.2, 0.25) is 0 Å². The maximum absolute atomic E-state index is 14.9. The van der Waals surface area contributed by atoms with Gasteiger partial charge in [-0.2, -0.15) is 0 Å². The molecule has 2 unspecified atom stereocenters. The molecule has 0 spiro atoms. The average Bonchev–Trinajstić information content (AvgIpc) is 2.95. The number of nitrogens with zero attached hydrogens (tertiary/aromatic N) is 5. The molecule has 0 aliphatic carbocycles. The Bertz CT molecular complexity index is 1050. The molecule has 8 nitrogen and oxygen atoms in total. The van der Waals surface area contributed by atoms with Crippen LogP contribution in [0.1, 0.15) is 52.7 Å². The predicted molar refractivity (Wildman–Crippen MR) is 118 cm³/mol. The zero-order chi connectivity index (χ0) is 22.9. The van der Waals surface area contributed by atoms with Crippen molar-refractivity contribution in [1.82, 2.24) is 19.0 Å². The summed E-state index contributed by atoms with van der Waals surface area (Å²) in [5.41, 5.74) is 1.81. The summed E-state index contributed by atoms with van der Waals surface area (Å²) in [6, 6.07) is 3.60. The molecular weight excluding hydrogens is 401 g/mol. The van der Waals surface area contributed by atoms with E-state index in [0.29, 0.717) is 31.0 Å². The lowest BCUT2D eigenvalue weighted by atomic mass is 9.92. The summed E-state index contributed by atoms with van der Waals surface area (Å²) in [6.45, 7) is 11.0. The van der Waals surface area contributed by atoms with Gasteiger partial charge in [0.25, 0.3) is 5.91 Å². The highest BCUT2D eigenvalue weighted by atomic mass is 19.1. The van der Waals surface area contributed by atoms with Crippen LogP contribution in [-0.4, -0.2) is 56.5 Å². The van der Waals surface area contributed by atoms with Crippen LogP contribution in [0.15, 0.2) is 22.1 Å². The highest BCUT2D eigenvalue weighted by molar-refractivity contribution is 6.37. The summed E-state index contributed by atoms with van der Waals surface area (Å²) in [4.78, 5) is 36.6. The number of likely N-dealkylation sites (tertiary alicyclic amines) is 1. The molecule has 0 radical (unpaired) electrons. The largest absolute Gasteiger partial charge is 0.396 e. The Kier molecular flexibility index (Phi) is 6.52. The van der Waals surface area contributed by atoms with Gasteiger partial charge in [-0.1, -0.05) is 25.9 Å². The van der Waals surface area contributed by atoms with E-state index < -0.39 is 12.1 Å². The molecular formula is C22H32FN5O3. The van der Waals surface area contributed by atoms with Crippen LogP contribution in [0.4, 0.5) is 4.39 Å². The Balaban J connectivity index is 1.92. The van der Waals surface area contributed by atoms with Crippen molar-refractivity contribution in [1.29, 1.82) is 0 Å². The van der Waals surface area contributed by atoms with Gasteiger partial charge < -0.3 is 9.74 Å². The number of hydrogen-bond donors (Lipinski definition) is 0. The van der Waals surface area contributed by atoms with E-state index in [1.807, 2.05) is 6.07 Å². The first kappa shape index (κ1) is 23.0. The number of fused-ring (bicyclic) bond motifs is 1. The molecule has 2 aromatic rings. The number of piperidine rings is 1. The lowest BCUT2D eigenvalue weighted by molar-refractivity contribution is -0.126. The second kappa shape index (κ2) is 8.80. The van der Waals surface area contributed by atoms with Gasteiger partial charge in [0.2, 0.25) is 0 Å². The Morgan fingerprint density at radius 1 is 1.35 bits per heavy atom. The zero-order valence-electron chi connectivity index (χ0n) is 19.2. The van der Waals surface area contributed by atoms with E-state index >= 15 is 0 Å². The van der Waals surface area contributed by atoms with Crippen molar-refractivity contribution in [2.75, 3.05) is 19.7 Å². The van der Waals surface area contributed by atoms with Crippen molar-refractivity contribution < 1.29 is 14.0 Å². The SMILES string of the molecule is CCON=C(C)C(=O)N1CCC(F)C(c2ccc3c(n2)n(C)c(=O)n3CC(C)(C)C)C1. The molecule has 0 saturated carbocycles. The first-order valence-corrected chi connectivity index (χ1v) is 10.7. The monoisotopic (exact) mass is 433 g/mol. The lowest BCUT2D eigenvalue weighted by Crippen LogP contribution is -2.46. The number of rotatable bonds is 5. The van der Waals surface area contributed by atoms with Crippen LogP contribution >= 0.6 is 0 Å². The third-order valence-electron chi connectivity index (χ3n) is 5.47. The minimum Gasteiger partial charge on any atom is -0.396 e. The minimum absolute atomic E-state index is 0.0774. The number of alkyl halides is 1. The third kappa shape index (κ3) is 4.80. The van der Waals surface area contributed by atoms with Crippen LogP contribution in [-0.2, 0) is 23.2 Å². The lowest BCUT2D eigenvalue weighted by Gasteiger charge is -2.34. The van der Waals surface area contributed by atoms with Gasteiger partial charge in [-0.25, -0.2) is 14.2 Å². The van der Waals surface area contributed by atoms with Gasteiger partial charge >= 0.3 is 5.69 Å². The molecule has 3 rings (SSSR count). The molecule has 2 atom stereocenters. The minimum atomic E-state index is -1.12. The van der Waals surface area contributed by atoms with Crippen molar-refractivity contribution >= 4 is 22.8 Å². The fourth-order valence-corrected chi connectivity index (χ4v) is 3.94. The van der Waals surface area contributed by atoms with Gasteiger partial charge in [0.15, 0.2) is 5.65 Å². The predicted octanol–water partition coefficient (Wildman–Crippen LogP) is 2.85. The smallest absolute Gasteiger partial charge is 0.330 e. The first-order chi connectivity index (χ1) is 14.5. The van der Waals surface area contributed by atoms with Crippen LogP contribution in [0.5, 0.6) is 0 Å². The van der Waals surface area contributed by atoms with Crippen molar-refractivity contribution in [2.45, 2.75) is 59.7 Å².